The third-order valence-electron chi connectivity index (χ3n) is 5.74. The molecule has 5 rings (SSSR count). The molecular weight excluding hydrogens is 470 g/mol. The van der Waals surface area contributed by atoms with Crippen molar-refractivity contribution in [2.24, 2.45) is 0 Å². The molecule has 0 aliphatic carbocycles. The highest BCUT2D eigenvalue weighted by molar-refractivity contribution is 7.80. The fraction of sp³-hybridized carbons (Fsp3) is 0.115. The predicted octanol–water partition coefficient (Wildman–Crippen LogP) is 5.89. The highest BCUT2D eigenvalue weighted by atomic mass is 32.1. The van der Waals surface area contributed by atoms with Gasteiger partial charge in [-0.25, -0.2) is 8.78 Å². The Labute approximate surface area is 205 Å². The molecular formula is C26H20F2N4O2S. The summed E-state index contributed by atoms with van der Waals surface area (Å²) >= 11 is 5.70. The van der Waals surface area contributed by atoms with Crippen molar-refractivity contribution in [1.29, 1.82) is 0 Å². The number of halogens is 2. The molecule has 0 saturated carbocycles. The van der Waals surface area contributed by atoms with Crippen molar-refractivity contribution in [1.82, 2.24) is 15.5 Å². The molecule has 1 atom stereocenters. The summed E-state index contributed by atoms with van der Waals surface area (Å²) in [5.41, 5.74) is 3.26. The third kappa shape index (κ3) is 4.38. The van der Waals surface area contributed by atoms with E-state index in [0.717, 1.165) is 11.4 Å². The van der Waals surface area contributed by atoms with Gasteiger partial charge < -0.3 is 14.6 Å². The van der Waals surface area contributed by atoms with E-state index in [9.17, 15) is 8.78 Å². The summed E-state index contributed by atoms with van der Waals surface area (Å²) in [6.07, 6.45) is 0. The molecule has 0 bridgehead atoms. The zero-order valence-corrected chi connectivity index (χ0v) is 19.6. The van der Waals surface area contributed by atoms with Crippen LogP contribution in [0.2, 0.25) is 0 Å². The van der Waals surface area contributed by atoms with Gasteiger partial charge in [-0.05, 0) is 73.2 Å². The van der Waals surface area contributed by atoms with E-state index in [1.807, 2.05) is 36.1 Å². The summed E-state index contributed by atoms with van der Waals surface area (Å²) in [7, 11) is 1.60. The van der Waals surface area contributed by atoms with E-state index in [1.54, 1.807) is 31.4 Å². The Balaban J connectivity index is 1.65. The van der Waals surface area contributed by atoms with Crippen molar-refractivity contribution in [3.05, 3.63) is 102 Å². The summed E-state index contributed by atoms with van der Waals surface area (Å²) in [6.45, 7) is 1.88. The van der Waals surface area contributed by atoms with Crippen LogP contribution in [0.1, 0.15) is 24.4 Å². The van der Waals surface area contributed by atoms with Gasteiger partial charge in [0, 0.05) is 16.9 Å². The largest absolute Gasteiger partial charge is 0.497 e. The quantitative estimate of drug-likeness (QED) is 0.350. The summed E-state index contributed by atoms with van der Waals surface area (Å²) < 4.78 is 38.8. The molecule has 6 nitrogen and oxygen atoms in total. The smallest absolute Gasteiger partial charge is 0.258 e. The number of benzene rings is 3. The number of nitrogens with zero attached hydrogens (tertiary/aromatic N) is 3. The number of ether oxygens (including phenoxy) is 1. The second kappa shape index (κ2) is 9.27. The van der Waals surface area contributed by atoms with Gasteiger partial charge in [0.1, 0.15) is 17.4 Å². The topological polar surface area (TPSA) is 63.4 Å². The number of rotatable bonds is 5. The van der Waals surface area contributed by atoms with Crippen LogP contribution in [0.15, 0.2) is 83.0 Å². The summed E-state index contributed by atoms with van der Waals surface area (Å²) in [6, 6.07) is 19.0. The molecule has 1 aromatic heterocycles. The fourth-order valence-electron chi connectivity index (χ4n) is 4.08. The number of allylic oxidation sites excluding steroid dienone is 1. The van der Waals surface area contributed by atoms with Crippen LogP contribution in [0.4, 0.5) is 14.5 Å². The molecule has 1 aliphatic rings. The molecule has 0 fully saturated rings. The van der Waals surface area contributed by atoms with Gasteiger partial charge in [0.05, 0.1) is 18.7 Å². The minimum atomic E-state index is -0.548. The van der Waals surface area contributed by atoms with E-state index in [4.69, 9.17) is 21.5 Å². The van der Waals surface area contributed by atoms with Crippen LogP contribution in [-0.2, 0) is 0 Å². The average Bonchev–Trinajstić information content (AvgIpc) is 3.34. The second-order valence-electron chi connectivity index (χ2n) is 7.90. The highest BCUT2D eigenvalue weighted by Crippen LogP contribution is 2.39. The Kier molecular flexibility index (Phi) is 6.00. The SMILES string of the molecule is COc1ccc(N2C(=S)NC(c3cccc(F)c3)C(c3nc(-c4cccc(F)c4)no3)=C2C)cc1. The molecule has 0 saturated heterocycles. The van der Waals surface area contributed by atoms with Crippen molar-refractivity contribution in [3.63, 3.8) is 0 Å². The van der Waals surface area contributed by atoms with E-state index in [2.05, 4.69) is 15.5 Å². The first-order valence-electron chi connectivity index (χ1n) is 10.8. The monoisotopic (exact) mass is 490 g/mol. The standard InChI is InChI=1S/C26H20F2N4O2S/c1-15-22(25-30-24(31-34-25)17-6-4-8-19(28)14-17)23(16-5-3-7-18(27)13-16)29-26(35)32(15)20-9-11-21(33-2)12-10-20/h3-14,23H,1-2H3,(H,29,35). The molecule has 9 heteroatoms. The molecule has 1 N–H and O–H groups in total. The van der Waals surface area contributed by atoms with Gasteiger partial charge in [0.15, 0.2) is 5.11 Å². The fourth-order valence-corrected chi connectivity index (χ4v) is 4.44. The molecule has 0 spiro atoms. The van der Waals surface area contributed by atoms with E-state index in [-0.39, 0.29) is 17.5 Å². The van der Waals surface area contributed by atoms with E-state index in [0.29, 0.717) is 27.6 Å². The van der Waals surface area contributed by atoms with E-state index >= 15 is 0 Å². The number of thiocarbonyl (C=S) groups is 1. The summed E-state index contributed by atoms with van der Waals surface area (Å²) in [4.78, 5) is 6.39. The van der Waals surface area contributed by atoms with Crippen molar-refractivity contribution < 1.29 is 18.0 Å². The Morgan fingerprint density at radius 1 is 1.00 bits per heavy atom. The molecule has 2 heterocycles. The molecule has 35 heavy (non-hydrogen) atoms. The number of hydrogen-bond donors (Lipinski definition) is 1. The van der Waals surface area contributed by atoms with Gasteiger partial charge in [-0.2, -0.15) is 4.98 Å². The number of anilines is 1. The van der Waals surface area contributed by atoms with E-state index in [1.165, 1.54) is 24.3 Å². The molecule has 1 aliphatic heterocycles. The lowest BCUT2D eigenvalue weighted by Gasteiger charge is -2.37. The molecule has 176 valence electrons. The Bertz CT molecular complexity index is 1440. The highest BCUT2D eigenvalue weighted by Gasteiger charge is 2.35. The molecule has 0 amide bonds. The van der Waals surface area contributed by atoms with Crippen LogP contribution >= 0.6 is 12.2 Å². The zero-order valence-electron chi connectivity index (χ0n) is 18.8. The van der Waals surface area contributed by atoms with Crippen molar-refractivity contribution in [2.45, 2.75) is 13.0 Å². The minimum Gasteiger partial charge on any atom is -0.497 e. The predicted molar refractivity (Wildman–Crippen MR) is 133 cm³/mol. The van der Waals surface area contributed by atoms with Crippen molar-refractivity contribution in [3.8, 4) is 17.1 Å². The van der Waals surface area contributed by atoms with E-state index < -0.39 is 11.9 Å². The maximum atomic E-state index is 14.1. The molecule has 3 aromatic carbocycles. The molecule has 4 aromatic rings. The Morgan fingerprint density at radius 3 is 2.40 bits per heavy atom. The van der Waals surface area contributed by atoms with Crippen LogP contribution in [0.3, 0.4) is 0 Å². The number of hydrogen-bond acceptors (Lipinski definition) is 5. The average molecular weight is 491 g/mol. The van der Waals surface area contributed by atoms with Crippen molar-refractivity contribution in [2.75, 3.05) is 12.0 Å². The zero-order chi connectivity index (χ0) is 24.5. The Morgan fingerprint density at radius 2 is 1.71 bits per heavy atom. The van der Waals surface area contributed by atoms with Gasteiger partial charge in [-0.3, -0.25) is 4.90 Å². The lowest BCUT2D eigenvalue weighted by molar-refractivity contribution is 0.404. The third-order valence-corrected chi connectivity index (χ3v) is 6.04. The maximum absolute atomic E-state index is 14.1. The van der Waals surface area contributed by atoms with Crippen molar-refractivity contribution >= 4 is 28.6 Å². The van der Waals surface area contributed by atoms with Crippen LogP contribution in [0.5, 0.6) is 5.75 Å². The number of methoxy groups -OCH3 is 1. The normalized spacial score (nSPS) is 15.8. The lowest BCUT2D eigenvalue weighted by Crippen LogP contribution is -2.46. The molecule has 0 radical (unpaired) electrons. The van der Waals surface area contributed by atoms with Crippen LogP contribution in [-0.4, -0.2) is 22.4 Å². The van der Waals surface area contributed by atoms with Gasteiger partial charge in [-0.15, -0.1) is 0 Å². The number of nitrogens with one attached hydrogen (secondary N) is 1. The van der Waals surface area contributed by atoms with Gasteiger partial charge in [-0.1, -0.05) is 29.4 Å². The first-order valence-corrected chi connectivity index (χ1v) is 11.2. The summed E-state index contributed by atoms with van der Waals surface area (Å²) in [5.74, 6) is 0.375. The van der Waals surface area contributed by atoms with Crippen LogP contribution < -0.4 is 15.0 Å². The second-order valence-corrected chi connectivity index (χ2v) is 8.29. The van der Waals surface area contributed by atoms with Crippen LogP contribution in [0, 0.1) is 11.6 Å². The van der Waals surface area contributed by atoms with Gasteiger partial charge >= 0.3 is 0 Å². The molecule has 1 unspecified atom stereocenters. The van der Waals surface area contributed by atoms with Gasteiger partial charge in [0.2, 0.25) is 5.82 Å². The van der Waals surface area contributed by atoms with Gasteiger partial charge in [0.25, 0.3) is 5.89 Å². The maximum Gasteiger partial charge on any atom is 0.258 e. The first kappa shape index (κ1) is 22.7. The first-order chi connectivity index (χ1) is 16.9. The summed E-state index contributed by atoms with van der Waals surface area (Å²) in [5, 5.41) is 7.78. The Hall–Kier alpha value is -4.11. The lowest BCUT2D eigenvalue weighted by atomic mass is 9.94. The minimum absolute atomic E-state index is 0.213. The van der Waals surface area contributed by atoms with Crippen LogP contribution in [0.25, 0.3) is 17.0 Å². The number of aromatic nitrogens is 2.